The van der Waals surface area contributed by atoms with Gasteiger partial charge in [0, 0.05) is 78.7 Å². The molecule has 0 aliphatic carbocycles. The maximum Gasteiger partial charge on any atom is 0.326 e. The number of hydrogen-bond acceptors (Lipinski definition) is 17. The Morgan fingerprint density at radius 1 is 0.596 bits per heavy atom. The summed E-state index contributed by atoms with van der Waals surface area (Å²) >= 11 is 2.24. The van der Waals surface area contributed by atoms with E-state index in [4.69, 9.17) is 24.2 Å². The molecular weight excluding hydrogens is 1330 g/mol. The predicted octanol–water partition coefficient (Wildman–Crippen LogP) is 8.31. The molecule has 1 aliphatic heterocycles. The second kappa shape index (κ2) is 48.1. The molecule has 518 valence electrons. The number of benzene rings is 3. The van der Waals surface area contributed by atoms with Crippen molar-refractivity contribution >= 4 is 75.4 Å². The molecule has 1 heterocycles. The van der Waals surface area contributed by atoms with E-state index < -0.39 is 54.0 Å². The highest BCUT2D eigenvalue weighted by molar-refractivity contribution is 14.1. The number of para-hydroxylation sites is 1. The number of fused-ring (bicyclic) bond motifs is 2. The fourth-order valence-electron chi connectivity index (χ4n) is 10.4. The number of ether oxygens (including phenoxy) is 4. The second-order valence-electron chi connectivity index (χ2n) is 23.3. The van der Waals surface area contributed by atoms with E-state index in [0.29, 0.717) is 135 Å². The van der Waals surface area contributed by atoms with E-state index in [1.807, 2.05) is 79.7 Å². The van der Waals surface area contributed by atoms with Crippen molar-refractivity contribution in [2.45, 2.75) is 180 Å². The lowest BCUT2D eigenvalue weighted by atomic mass is 9.93. The van der Waals surface area contributed by atoms with Gasteiger partial charge in [-0.15, -0.1) is 0 Å². The summed E-state index contributed by atoms with van der Waals surface area (Å²) in [5.41, 5.74) is 4.89. The largest absolute Gasteiger partial charge is 0.481 e. The van der Waals surface area contributed by atoms with Crippen molar-refractivity contribution in [1.29, 1.82) is 0 Å². The molecule has 3 aromatic carbocycles. The van der Waals surface area contributed by atoms with Gasteiger partial charge in [0.2, 0.25) is 23.6 Å². The quantitative estimate of drug-likeness (QED) is 0.00488. The average molecular weight is 1420 g/mol. The number of amides is 4. The zero-order valence-corrected chi connectivity index (χ0v) is 56.5. The van der Waals surface area contributed by atoms with E-state index in [1.165, 1.54) is 0 Å². The Morgan fingerprint density at radius 2 is 1.24 bits per heavy atom. The number of aliphatic hydroxyl groups excluding tert-OH is 2. The first-order valence-corrected chi connectivity index (χ1v) is 34.0. The lowest BCUT2D eigenvalue weighted by Gasteiger charge is -2.26. The molecule has 5 atom stereocenters. The summed E-state index contributed by atoms with van der Waals surface area (Å²) < 4.78 is 23.6. The van der Waals surface area contributed by atoms with Crippen LogP contribution in [-0.2, 0) is 75.2 Å². The number of carboxylic acids is 2. The van der Waals surface area contributed by atoms with Crippen LogP contribution in [0, 0.1) is 27.2 Å². The molecule has 1 aliphatic rings. The molecule has 4 rings (SSSR count). The molecule has 9 N–H and O–H groups in total. The van der Waals surface area contributed by atoms with Gasteiger partial charge in [-0.1, -0.05) is 74.1 Å². The number of halogens is 1. The van der Waals surface area contributed by atoms with Crippen LogP contribution in [0.5, 0.6) is 0 Å². The van der Waals surface area contributed by atoms with Gasteiger partial charge in [-0.25, -0.2) is 10.1 Å². The number of Topliss-reactive ketones (excluding diaryl/α,β-unsaturated/α-hetero) is 2. The van der Waals surface area contributed by atoms with Crippen molar-refractivity contribution in [1.82, 2.24) is 21.3 Å². The van der Waals surface area contributed by atoms with Crippen molar-refractivity contribution in [3.05, 3.63) is 111 Å². The highest BCUT2D eigenvalue weighted by Crippen LogP contribution is 2.27. The minimum Gasteiger partial charge on any atom is -0.481 e. The molecule has 24 heteroatoms. The van der Waals surface area contributed by atoms with Crippen LogP contribution < -0.4 is 26.2 Å². The van der Waals surface area contributed by atoms with Crippen LogP contribution in [0.25, 0.3) is 0 Å². The zero-order chi connectivity index (χ0) is 68.1. The van der Waals surface area contributed by atoms with E-state index in [-0.39, 0.29) is 107 Å². The van der Waals surface area contributed by atoms with Gasteiger partial charge in [0.05, 0.1) is 76.2 Å². The van der Waals surface area contributed by atoms with E-state index in [9.17, 15) is 58.8 Å². The summed E-state index contributed by atoms with van der Waals surface area (Å²) in [4.78, 5) is 108. The molecule has 0 saturated heterocycles. The summed E-state index contributed by atoms with van der Waals surface area (Å²) in [5, 5.41) is 61.0. The number of rotatable bonds is 53. The first-order valence-electron chi connectivity index (χ1n) is 33.0. The second-order valence-corrected chi connectivity index (χ2v) is 24.6. The summed E-state index contributed by atoms with van der Waals surface area (Å²) in [7, 11) is 0. The lowest BCUT2D eigenvalue weighted by Crippen LogP contribution is -2.44. The fourth-order valence-corrected chi connectivity index (χ4v) is 10.7. The number of aliphatic hydroxyl groups is 2. The molecule has 0 fully saturated rings. The van der Waals surface area contributed by atoms with Crippen molar-refractivity contribution in [2.75, 3.05) is 70.8 Å². The SMILES string of the molecule is CCC/C(=C/OO)NC(=O)CC[C@H](CC(=O)CCCCCNC(O)CCC(CC(=O)CCOCCOCCOCCOCCCC(O)CCC(=O)N1Cc2ccccc2C#Cc2ccccc21)C(=O)NC(CCCCNC(=O)CCCc1ccc(I)cc1)C(=O)O)C(=O)O. The minimum absolute atomic E-state index is 0.0247. The Morgan fingerprint density at radius 3 is 1.95 bits per heavy atom. The highest BCUT2D eigenvalue weighted by atomic mass is 127. The topological polar surface area (TPSA) is 335 Å². The summed E-state index contributed by atoms with van der Waals surface area (Å²) in [5.74, 6) is 0.138. The molecule has 23 nitrogen and oxygen atoms in total. The fraction of sp³-hybridized carbons (Fsp3) is 0.571. The standard InChI is InChI=1S/C70H98IN5O18/c1-2-14-58(50-94-89)74-66(82)34-29-55(69(85)86)48-60(78)19-4-3-10-37-73-65(81)33-28-54(68(84)75-62(70(87)88)21-9-11-38-72-64(80)23-12-15-51-24-30-57(71)31-25-51)47-61(79)36-40-91-42-44-93-46-45-92-43-41-90-39-13-20-59(77)32-35-67(83)76-49-56-18-6-5-16-52(56)26-27-53-17-7-8-22-63(53)76/h5-8,16-18,22,24-25,30-31,50,54-55,59,62,65,73,77,81,89H,2-4,9-15,19-21,23,28-29,32-49H2,1H3,(H,72,80)(H,74,82)(H,75,84)(H,85,86)(H,87,88)/b58-50-/t54?,55-,59?,62?,65?/m1/s1. The van der Waals surface area contributed by atoms with Gasteiger partial charge in [0.15, 0.2) is 0 Å². The summed E-state index contributed by atoms with van der Waals surface area (Å²) in [6, 6.07) is 22.3. The van der Waals surface area contributed by atoms with Crippen LogP contribution in [0.3, 0.4) is 0 Å². The van der Waals surface area contributed by atoms with Gasteiger partial charge in [-0.3, -0.25) is 38.9 Å². The zero-order valence-electron chi connectivity index (χ0n) is 54.3. The Balaban J connectivity index is 1.10. The number of unbranched alkanes of at least 4 members (excludes halogenated alkanes) is 3. The van der Waals surface area contributed by atoms with Crippen molar-refractivity contribution in [2.24, 2.45) is 11.8 Å². The molecule has 0 saturated carbocycles. The van der Waals surface area contributed by atoms with Gasteiger partial charge >= 0.3 is 11.9 Å². The van der Waals surface area contributed by atoms with Gasteiger partial charge in [-0.05, 0) is 160 Å². The number of carboxylic acid groups (broad SMARTS) is 2. The summed E-state index contributed by atoms with van der Waals surface area (Å²) in [6.45, 7) is 5.17. The van der Waals surface area contributed by atoms with Gasteiger partial charge in [0.1, 0.15) is 30.1 Å². The first-order chi connectivity index (χ1) is 45.5. The van der Waals surface area contributed by atoms with Gasteiger partial charge < -0.3 is 65.1 Å². The van der Waals surface area contributed by atoms with Crippen molar-refractivity contribution in [3.8, 4) is 11.8 Å². The third-order valence-electron chi connectivity index (χ3n) is 15.7. The number of carbonyl (C=O) groups excluding carboxylic acids is 6. The molecule has 94 heavy (non-hydrogen) atoms. The third-order valence-corrected chi connectivity index (χ3v) is 16.4. The predicted molar refractivity (Wildman–Crippen MR) is 361 cm³/mol. The van der Waals surface area contributed by atoms with E-state index in [0.717, 1.165) is 44.2 Å². The van der Waals surface area contributed by atoms with E-state index in [2.05, 4.69) is 60.6 Å². The van der Waals surface area contributed by atoms with Crippen LogP contribution >= 0.6 is 22.6 Å². The van der Waals surface area contributed by atoms with Gasteiger partial charge in [0.25, 0.3) is 0 Å². The lowest BCUT2D eigenvalue weighted by molar-refractivity contribution is -0.188. The van der Waals surface area contributed by atoms with Crippen molar-refractivity contribution in [3.63, 3.8) is 0 Å². The monoisotopic (exact) mass is 1420 g/mol. The number of ketones is 2. The number of nitrogens with zero attached hydrogens (tertiary/aromatic N) is 1. The van der Waals surface area contributed by atoms with Crippen LogP contribution in [0.1, 0.15) is 170 Å². The van der Waals surface area contributed by atoms with Crippen molar-refractivity contribution < 1.29 is 87.9 Å². The summed E-state index contributed by atoms with van der Waals surface area (Å²) in [6.07, 6.45) is 5.88. The van der Waals surface area contributed by atoms with E-state index in [1.54, 1.807) is 4.90 Å². The number of aryl methyl sites for hydroxylation is 1. The Kier molecular flexibility index (Phi) is 40.8. The number of anilines is 1. The number of nitrogens with one attached hydrogen (secondary N) is 4. The number of allylic oxidation sites excluding steroid dienone is 1. The molecule has 0 aromatic heterocycles. The average Bonchev–Trinajstić information content (AvgIpc) is 0.827. The number of aliphatic carboxylic acids is 2. The van der Waals surface area contributed by atoms with Crippen LogP contribution in [0.4, 0.5) is 5.69 Å². The Hall–Kier alpha value is -6.67. The molecule has 0 spiro atoms. The molecule has 4 unspecified atom stereocenters. The molecule has 0 radical (unpaired) electrons. The van der Waals surface area contributed by atoms with Crippen LogP contribution in [0.15, 0.2) is 84.8 Å². The van der Waals surface area contributed by atoms with E-state index >= 15 is 0 Å². The van der Waals surface area contributed by atoms with Crippen LogP contribution in [-0.4, -0.2) is 157 Å². The molecule has 0 bridgehead atoms. The highest BCUT2D eigenvalue weighted by Gasteiger charge is 2.29. The number of carbonyl (C=O) groups is 8. The first kappa shape index (κ1) is 79.8. The maximum atomic E-state index is 13.7. The Bertz CT molecular complexity index is 2880. The maximum absolute atomic E-state index is 13.7. The van der Waals surface area contributed by atoms with Gasteiger partial charge in [-0.2, -0.15) is 0 Å². The normalized spacial score (nSPS) is 13.5. The molecular formula is C70H98IN5O18. The molecule has 3 aromatic rings. The third kappa shape index (κ3) is 34.7. The smallest absolute Gasteiger partial charge is 0.326 e. The minimum atomic E-state index is -1.26. The Labute approximate surface area is 566 Å². The number of hydrogen-bond donors (Lipinski definition) is 9. The molecule has 4 amide bonds. The van der Waals surface area contributed by atoms with Crippen LogP contribution in [0.2, 0.25) is 0 Å².